The molecule has 0 atom stereocenters. The molecular weight excluding hydrogens is 274 g/mol. The van der Waals surface area contributed by atoms with Crippen LogP contribution in [0.25, 0.3) is 0 Å². The molecule has 0 spiro atoms. The van der Waals surface area contributed by atoms with Gasteiger partial charge < -0.3 is 5.11 Å². The molecule has 0 aromatic heterocycles. The predicted molar refractivity (Wildman–Crippen MR) is 77.7 cm³/mol. The van der Waals surface area contributed by atoms with Gasteiger partial charge in [-0.05, 0) is 29.7 Å². The van der Waals surface area contributed by atoms with Crippen LogP contribution < -0.4 is 4.72 Å². The summed E-state index contributed by atoms with van der Waals surface area (Å²) in [5, 5.41) is 8.83. The van der Waals surface area contributed by atoms with Gasteiger partial charge in [0.05, 0.1) is 4.90 Å². The van der Waals surface area contributed by atoms with Crippen molar-refractivity contribution in [1.82, 2.24) is 4.72 Å². The fourth-order valence-corrected chi connectivity index (χ4v) is 2.84. The lowest BCUT2D eigenvalue weighted by atomic mass is 10.2. The van der Waals surface area contributed by atoms with Crippen molar-refractivity contribution in [2.45, 2.75) is 17.9 Å². The van der Waals surface area contributed by atoms with Gasteiger partial charge in [-0.2, -0.15) is 0 Å². The van der Waals surface area contributed by atoms with Crippen molar-refractivity contribution in [2.24, 2.45) is 0 Å². The zero-order valence-electron chi connectivity index (χ0n) is 11.0. The molecule has 2 N–H and O–H groups in total. The first-order chi connectivity index (χ1) is 9.62. The third kappa shape index (κ3) is 3.90. The normalized spacial score (nSPS) is 11.4. The Hall–Kier alpha value is -1.69. The molecule has 0 radical (unpaired) electrons. The van der Waals surface area contributed by atoms with Crippen LogP contribution >= 0.6 is 0 Å². The van der Waals surface area contributed by atoms with Crippen molar-refractivity contribution in [3.63, 3.8) is 0 Å². The Labute approximate surface area is 119 Å². The number of nitrogens with one attached hydrogen (secondary N) is 1. The predicted octanol–water partition coefficient (Wildman–Crippen LogP) is 1.70. The summed E-state index contributed by atoms with van der Waals surface area (Å²) in [5.74, 6) is 0. The molecule has 0 bridgehead atoms. The molecule has 0 amide bonds. The second-order valence-electron chi connectivity index (χ2n) is 4.43. The molecule has 4 nitrogen and oxygen atoms in total. The fourth-order valence-electron chi connectivity index (χ4n) is 1.82. The molecule has 0 saturated carbocycles. The molecule has 0 aliphatic heterocycles. The van der Waals surface area contributed by atoms with Gasteiger partial charge in [0.25, 0.3) is 0 Å². The summed E-state index contributed by atoms with van der Waals surface area (Å²) in [6, 6.07) is 15.9. The molecule has 5 heteroatoms. The molecule has 0 aliphatic carbocycles. The minimum absolute atomic E-state index is 0.0539. The quantitative estimate of drug-likeness (QED) is 0.851. The Morgan fingerprint density at radius 2 is 1.55 bits per heavy atom. The second-order valence-corrected chi connectivity index (χ2v) is 6.19. The first-order valence-electron chi connectivity index (χ1n) is 6.35. The summed E-state index contributed by atoms with van der Waals surface area (Å²) in [6.45, 7) is 0.319. The third-order valence-corrected chi connectivity index (χ3v) is 4.36. The van der Waals surface area contributed by atoms with Crippen molar-refractivity contribution in [3.05, 3.63) is 65.7 Å². The van der Waals surface area contributed by atoms with Crippen molar-refractivity contribution in [3.8, 4) is 0 Å². The molecular formula is C15H17NO3S. The Kier molecular flexibility index (Phi) is 4.89. The van der Waals surface area contributed by atoms with E-state index >= 15 is 0 Å². The zero-order valence-corrected chi connectivity index (χ0v) is 11.8. The first-order valence-corrected chi connectivity index (χ1v) is 7.83. The average Bonchev–Trinajstić information content (AvgIpc) is 2.47. The lowest BCUT2D eigenvalue weighted by molar-refractivity contribution is 0.299. The van der Waals surface area contributed by atoms with Crippen molar-refractivity contribution in [1.29, 1.82) is 0 Å². The third-order valence-electron chi connectivity index (χ3n) is 2.94. The van der Waals surface area contributed by atoms with Crippen molar-refractivity contribution in [2.75, 3.05) is 6.61 Å². The Bertz CT molecular complexity index is 637. The lowest BCUT2D eigenvalue weighted by Gasteiger charge is -2.07. The second kappa shape index (κ2) is 6.65. The monoisotopic (exact) mass is 291 g/mol. The van der Waals surface area contributed by atoms with Gasteiger partial charge in [0, 0.05) is 13.2 Å². The maximum Gasteiger partial charge on any atom is 0.240 e. The topological polar surface area (TPSA) is 66.4 Å². The summed E-state index contributed by atoms with van der Waals surface area (Å²) in [4.78, 5) is 0.232. The number of aliphatic hydroxyl groups excluding tert-OH is 1. The van der Waals surface area contributed by atoms with Gasteiger partial charge in [0.2, 0.25) is 10.0 Å². The van der Waals surface area contributed by atoms with Crippen LogP contribution in [0.2, 0.25) is 0 Å². The van der Waals surface area contributed by atoms with Gasteiger partial charge in [0.15, 0.2) is 0 Å². The van der Waals surface area contributed by atoms with Gasteiger partial charge >= 0.3 is 0 Å². The minimum atomic E-state index is -3.50. The van der Waals surface area contributed by atoms with E-state index in [1.165, 1.54) is 0 Å². The number of sulfonamides is 1. The molecule has 0 aliphatic rings. The zero-order chi connectivity index (χ0) is 14.4. The molecule has 2 aromatic carbocycles. The summed E-state index contributed by atoms with van der Waals surface area (Å²) in [6.07, 6.45) is 0.526. The van der Waals surface area contributed by atoms with Crippen LogP contribution in [0.15, 0.2) is 59.5 Å². The van der Waals surface area contributed by atoms with E-state index in [2.05, 4.69) is 4.72 Å². The van der Waals surface area contributed by atoms with E-state index in [4.69, 9.17) is 5.11 Å². The summed E-state index contributed by atoms with van der Waals surface area (Å²) < 4.78 is 26.8. The van der Waals surface area contributed by atoms with E-state index in [1.54, 1.807) is 24.3 Å². The van der Waals surface area contributed by atoms with E-state index in [-0.39, 0.29) is 18.0 Å². The molecule has 2 rings (SSSR count). The van der Waals surface area contributed by atoms with Gasteiger partial charge in [-0.3, -0.25) is 0 Å². The smallest absolute Gasteiger partial charge is 0.240 e. The van der Waals surface area contributed by atoms with Crippen molar-refractivity contribution < 1.29 is 13.5 Å². The molecule has 0 heterocycles. The number of rotatable bonds is 6. The highest BCUT2D eigenvalue weighted by Crippen LogP contribution is 2.11. The number of hydrogen-bond acceptors (Lipinski definition) is 3. The summed E-state index contributed by atoms with van der Waals surface area (Å²) in [5.41, 5.74) is 1.82. The highest BCUT2D eigenvalue weighted by molar-refractivity contribution is 7.89. The van der Waals surface area contributed by atoms with E-state index in [0.717, 1.165) is 11.1 Å². The molecule has 2 aromatic rings. The number of benzene rings is 2. The maximum absolute atomic E-state index is 12.1. The van der Waals surface area contributed by atoms with Crippen LogP contribution in [-0.2, 0) is 23.0 Å². The van der Waals surface area contributed by atoms with Gasteiger partial charge in [-0.1, -0.05) is 42.5 Å². The highest BCUT2D eigenvalue weighted by Gasteiger charge is 2.13. The van der Waals surface area contributed by atoms with Crippen LogP contribution in [0, 0.1) is 0 Å². The van der Waals surface area contributed by atoms with Gasteiger partial charge in [-0.15, -0.1) is 0 Å². The maximum atomic E-state index is 12.1. The fraction of sp³-hybridized carbons (Fsp3) is 0.200. The van der Waals surface area contributed by atoms with E-state index in [9.17, 15) is 8.42 Å². The number of aliphatic hydroxyl groups is 1. The minimum Gasteiger partial charge on any atom is -0.396 e. The lowest BCUT2D eigenvalue weighted by Crippen LogP contribution is -2.23. The first kappa shape index (κ1) is 14.7. The molecule has 20 heavy (non-hydrogen) atoms. The molecule has 0 unspecified atom stereocenters. The Morgan fingerprint density at radius 1 is 0.900 bits per heavy atom. The Balaban J connectivity index is 2.06. The Morgan fingerprint density at radius 3 is 2.15 bits per heavy atom. The number of hydrogen-bond donors (Lipinski definition) is 2. The molecule has 0 saturated heterocycles. The van der Waals surface area contributed by atoms with E-state index < -0.39 is 10.0 Å². The summed E-state index contributed by atoms with van der Waals surface area (Å²) >= 11 is 0. The summed E-state index contributed by atoms with van der Waals surface area (Å²) in [7, 11) is -3.50. The highest BCUT2D eigenvalue weighted by atomic mass is 32.2. The average molecular weight is 291 g/mol. The van der Waals surface area contributed by atoms with Gasteiger partial charge in [0.1, 0.15) is 0 Å². The van der Waals surface area contributed by atoms with E-state index in [1.807, 2.05) is 30.3 Å². The molecule has 0 fully saturated rings. The van der Waals surface area contributed by atoms with Crippen molar-refractivity contribution >= 4 is 10.0 Å². The van der Waals surface area contributed by atoms with Crippen LogP contribution in [0.1, 0.15) is 11.1 Å². The van der Waals surface area contributed by atoms with Crippen LogP contribution in [-0.4, -0.2) is 20.1 Å². The van der Waals surface area contributed by atoms with Crippen LogP contribution in [0.4, 0.5) is 0 Å². The standard InChI is InChI=1S/C15H17NO3S/c17-11-10-13-6-8-15(9-7-13)20(18,19)16-12-14-4-2-1-3-5-14/h1-9,16-17H,10-12H2. The molecule has 106 valence electrons. The van der Waals surface area contributed by atoms with Crippen LogP contribution in [0.3, 0.4) is 0 Å². The largest absolute Gasteiger partial charge is 0.396 e. The van der Waals surface area contributed by atoms with Crippen LogP contribution in [0.5, 0.6) is 0 Å². The SMILES string of the molecule is O=S(=O)(NCc1ccccc1)c1ccc(CCO)cc1. The van der Waals surface area contributed by atoms with Gasteiger partial charge in [-0.25, -0.2) is 13.1 Å². The van der Waals surface area contributed by atoms with E-state index in [0.29, 0.717) is 6.42 Å².